The molecule has 1 aromatic carbocycles. The van der Waals surface area contributed by atoms with Crippen molar-refractivity contribution < 1.29 is 14.6 Å². The maximum Gasteiger partial charge on any atom is 0.317 e. The fourth-order valence-corrected chi connectivity index (χ4v) is 5.00. The molecular weight excluding hydrogens is 426 g/mol. The lowest BCUT2D eigenvalue weighted by Crippen LogP contribution is -2.53. The molecule has 2 rings (SSSR count). The van der Waals surface area contributed by atoms with Gasteiger partial charge in [0.1, 0.15) is 0 Å². The lowest BCUT2D eigenvalue weighted by Gasteiger charge is -2.43. The average molecular weight is 468 g/mol. The van der Waals surface area contributed by atoms with E-state index in [2.05, 4.69) is 24.5 Å². The molecule has 1 heterocycles. The van der Waals surface area contributed by atoms with E-state index in [1.165, 1.54) is 0 Å². The van der Waals surface area contributed by atoms with Gasteiger partial charge in [-0.3, -0.25) is 0 Å². The predicted octanol–water partition coefficient (Wildman–Crippen LogP) is 4.40. The molecule has 182 valence electrons. The van der Waals surface area contributed by atoms with Gasteiger partial charge in [-0.15, -0.1) is 0 Å². The zero-order chi connectivity index (χ0) is 23.6. The molecule has 1 fully saturated rings. The van der Waals surface area contributed by atoms with Crippen LogP contribution in [0.25, 0.3) is 0 Å². The lowest BCUT2D eigenvalue weighted by atomic mass is 9.74. The largest absolute Gasteiger partial charge is 0.385 e. The van der Waals surface area contributed by atoms with Gasteiger partial charge in [0.25, 0.3) is 0 Å². The highest BCUT2D eigenvalue weighted by Crippen LogP contribution is 2.40. The Morgan fingerprint density at radius 2 is 2.16 bits per heavy atom. The number of methoxy groups -OCH3 is 1. The van der Waals surface area contributed by atoms with Crippen molar-refractivity contribution in [1.29, 1.82) is 0 Å². The molecule has 1 aromatic rings. The van der Waals surface area contributed by atoms with Crippen LogP contribution in [0.1, 0.15) is 57.9 Å². The first kappa shape index (κ1) is 26.9. The Hall–Kier alpha value is -1.34. The van der Waals surface area contributed by atoms with Gasteiger partial charge in [0, 0.05) is 50.3 Å². The highest BCUT2D eigenvalue weighted by Gasteiger charge is 2.41. The van der Waals surface area contributed by atoms with Crippen LogP contribution in [0.15, 0.2) is 24.3 Å². The molecule has 7 heteroatoms. The molecule has 1 saturated heterocycles. The zero-order valence-corrected chi connectivity index (χ0v) is 21.0. The second-order valence-corrected chi connectivity index (χ2v) is 9.94. The van der Waals surface area contributed by atoms with Gasteiger partial charge in [0.05, 0.1) is 5.60 Å². The van der Waals surface area contributed by atoms with Crippen LogP contribution in [0.4, 0.5) is 4.79 Å². The third-order valence-corrected chi connectivity index (χ3v) is 6.63. The Labute approximate surface area is 199 Å². The number of piperidine rings is 1. The lowest BCUT2D eigenvalue weighted by molar-refractivity contribution is -0.0563. The zero-order valence-electron chi connectivity index (χ0n) is 20.2. The smallest absolute Gasteiger partial charge is 0.317 e. The van der Waals surface area contributed by atoms with Crippen molar-refractivity contribution in [1.82, 2.24) is 15.5 Å². The number of urea groups is 1. The number of halogens is 1. The van der Waals surface area contributed by atoms with Crippen LogP contribution in [0.5, 0.6) is 0 Å². The van der Waals surface area contributed by atoms with E-state index in [1.54, 1.807) is 7.11 Å². The summed E-state index contributed by atoms with van der Waals surface area (Å²) < 4.78 is 5.19. The minimum absolute atomic E-state index is 0.0385. The summed E-state index contributed by atoms with van der Waals surface area (Å²) in [5.74, 6) is 0.457. The summed E-state index contributed by atoms with van der Waals surface area (Å²) in [6.45, 7) is 7.00. The van der Waals surface area contributed by atoms with Crippen LogP contribution in [0, 0.1) is 11.8 Å². The number of unbranched alkanes of at least 4 members (excludes halogenated alkanes) is 1. The van der Waals surface area contributed by atoms with E-state index in [1.807, 2.05) is 36.2 Å². The summed E-state index contributed by atoms with van der Waals surface area (Å²) in [6.07, 6.45) is 5.03. The van der Waals surface area contributed by atoms with Crippen LogP contribution in [0.2, 0.25) is 5.02 Å². The number of likely N-dealkylation sites (N-methyl/N-ethyl adjacent to an activating group) is 1. The van der Waals surface area contributed by atoms with E-state index in [-0.39, 0.29) is 18.0 Å². The molecule has 6 nitrogen and oxygen atoms in total. The van der Waals surface area contributed by atoms with Crippen molar-refractivity contribution in [2.24, 2.45) is 11.8 Å². The number of ether oxygens (including phenoxy) is 1. The number of rotatable bonds is 12. The van der Waals surface area contributed by atoms with Crippen LogP contribution in [0.3, 0.4) is 0 Å². The van der Waals surface area contributed by atoms with Crippen LogP contribution in [-0.4, -0.2) is 62.5 Å². The predicted molar refractivity (Wildman–Crippen MR) is 131 cm³/mol. The summed E-state index contributed by atoms with van der Waals surface area (Å²) in [7, 11) is 3.60. The Morgan fingerprint density at radius 3 is 2.81 bits per heavy atom. The first-order chi connectivity index (χ1) is 15.3. The minimum atomic E-state index is -1.03. The summed E-state index contributed by atoms with van der Waals surface area (Å²) in [5, 5.41) is 18.9. The van der Waals surface area contributed by atoms with Gasteiger partial charge in [0.15, 0.2) is 0 Å². The number of hydrogen-bond acceptors (Lipinski definition) is 4. The molecular formula is C25H42ClN3O3. The van der Waals surface area contributed by atoms with Gasteiger partial charge >= 0.3 is 6.03 Å². The molecule has 3 atom stereocenters. The highest BCUT2D eigenvalue weighted by molar-refractivity contribution is 6.30. The van der Waals surface area contributed by atoms with Gasteiger partial charge in [-0.25, -0.2) is 4.79 Å². The van der Waals surface area contributed by atoms with Crippen molar-refractivity contribution in [3.05, 3.63) is 34.9 Å². The number of carbonyl (C=O) groups excluding carboxylic acids is 1. The first-order valence-electron chi connectivity index (χ1n) is 12.0. The minimum Gasteiger partial charge on any atom is -0.385 e. The van der Waals surface area contributed by atoms with E-state index in [0.29, 0.717) is 37.1 Å². The molecule has 2 amide bonds. The molecule has 0 bridgehead atoms. The quantitative estimate of drug-likeness (QED) is 0.398. The Morgan fingerprint density at radius 1 is 1.38 bits per heavy atom. The number of likely N-dealkylation sites (tertiary alicyclic amines) is 1. The summed E-state index contributed by atoms with van der Waals surface area (Å²) in [5.41, 5.74) is -0.192. The molecule has 32 heavy (non-hydrogen) atoms. The number of nitrogens with zero attached hydrogens (tertiary/aromatic N) is 1. The normalized spacial score (nSPS) is 19.6. The van der Waals surface area contributed by atoms with E-state index in [4.69, 9.17) is 16.3 Å². The molecule has 1 aliphatic rings. The monoisotopic (exact) mass is 467 g/mol. The highest BCUT2D eigenvalue weighted by atomic mass is 35.5. The van der Waals surface area contributed by atoms with Gasteiger partial charge in [-0.2, -0.15) is 0 Å². The SMILES string of the molecule is CNCC(CC(C)C)NC(=O)N1CCC[C@@H]([C@@](O)(CCCCOC)c2cccc(Cl)c2)C1. The van der Waals surface area contributed by atoms with E-state index < -0.39 is 5.60 Å². The second kappa shape index (κ2) is 13.4. The van der Waals surface area contributed by atoms with E-state index in [9.17, 15) is 9.90 Å². The maximum atomic E-state index is 13.1. The number of benzene rings is 1. The molecule has 0 aromatic heterocycles. The van der Waals surface area contributed by atoms with Crippen molar-refractivity contribution in [2.75, 3.05) is 40.4 Å². The number of amides is 2. The molecule has 0 spiro atoms. The average Bonchev–Trinajstić information content (AvgIpc) is 2.76. The Bertz CT molecular complexity index is 703. The molecule has 0 radical (unpaired) electrons. The van der Waals surface area contributed by atoms with Crippen molar-refractivity contribution in [3.63, 3.8) is 0 Å². The molecule has 1 unspecified atom stereocenters. The van der Waals surface area contributed by atoms with E-state index >= 15 is 0 Å². The fourth-order valence-electron chi connectivity index (χ4n) is 4.81. The Balaban J connectivity index is 2.15. The summed E-state index contributed by atoms with van der Waals surface area (Å²) in [4.78, 5) is 15.0. The van der Waals surface area contributed by atoms with E-state index in [0.717, 1.165) is 44.2 Å². The Kier molecular flexibility index (Phi) is 11.3. The van der Waals surface area contributed by atoms with Gasteiger partial charge in [-0.1, -0.05) is 37.6 Å². The number of hydrogen-bond donors (Lipinski definition) is 3. The number of carbonyl (C=O) groups is 1. The topological polar surface area (TPSA) is 73.8 Å². The van der Waals surface area contributed by atoms with Crippen molar-refractivity contribution in [2.45, 2.75) is 64.0 Å². The van der Waals surface area contributed by atoms with Gasteiger partial charge < -0.3 is 25.4 Å². The van der Waals surface area contributed by atoms with Gasteiger partial charge in [0.2, 0.25) is 0 Å². The van der Waals surface area contributed by atoms with Crippen molar-refractivity contribution in [3.8, 4) is 0 Å². The standard InChI is InChI=1S/C25H42ClN3O3/c1-19(2)15-23(17-27-3)28-24(30)29-13-8-10-21(18-29)25(31,12-5-6-14-32-4)20-9-7-11-22(26)16-20/h7,9,11,16,19,21,23,27,31H,5-6,8,10,12-15,17-18H2,1-4H3,(H,28,30)/t21-,23?,25-/m1/s1. The molecule has 3 N–H and O–H groups in total. The van der Waals surface area contributed by atoms with Crippen molar-refractivity contribution >= 4 is 17.6 Å². The molecule has 1 aliphatic heterocycles. The molecule has 0 saturated carbocycles. The number of nitrogens with one attached hydrogen (secondary N) is 2. The molecule has 0 aliphatic carbocycles. The van der Waals surface area contributed by atoms with Crippen LogP contribution < -0.4 is 10.6 Å². The number of aliphatic hydroxyl groups is 1. The van der Waals surface area contributed by atoms with Crippen LogP contribution in [-0.2, 0) is 10.3 Å². The summed E-state index contributed by atoms with van der Waals surface area (Å²) >= 11 is 6.27. The third kappa shape index (κ3) is 7.91. The maximum absolute atomic E-state index is 13.1. The fraction of sp³-hybridized carbons (Fsp3) is 0.720. The van der Waals surface area contributed by atoms with Gasteiger partial charge in [-0.05, 0) is 69.2 Å². The first-order valence-corrected chi connectivity index (χ1v) is 12.3. The second-order valence-electron chi connectivity index (χ2n) is 9.50. The third-order valence-electron chi connectivity index (χ3n) is 6.40. The summed E-state index contributed by atoms with van der Waals surface area (Å²) in [6, 6.07) is 7.58. The van der Waals surface area contributed by atoms with Crippen LogP contribution >= 0.6 is 11.6 Å².